The van der Waals surface area contributed by atoms with E-state index in [-0.39, 0.29) is 0 Å². The highest BCUT2D eigenvalue weighted by atomic mass is 14.1. The van der Waals surface area contributed by atoms with Gasteiger partial charge in [-0.05, 0) is 38.2 Å². The van der Waals surface area contributed by atoms with Crippen LogP contribution < -0.4 is 0 Å². The summed E-state index contributed by atoms with van der Waals surface area (Å²) in [6.45, 7) is 8.78. The van der Waals surface area contributed by atoms with Gasteiger partial charge in [0.25, 0.3) is 0 Å². The van der Waals surface area contributed by atoms with Crippen molar-refractivity contribution in [3.05, 3.63) is 23.8 Å². The lowest BCUT2D eigenvalue weighted by Gasteiger charge is -2.16. The lowest BCUT2D eigenvalue weighted by molar-refractivity contribution is 0.512. The van der Waals surface area contributed by atoms with E-state index in [9.17, 15) is 0 Å². The molecular formula is C13H24. The highest BCUT2D eigenvalue weighted by Crippen LogP contribution is 2.23. The first-order valence-corrected chi connectivity index (χ1v) is 5.58. The van der Waals surface area contributed by atoms with Gasteiger partial charge < -0.3 is 0 Å². The van der Waals surface area contributed by atoms with Gasteiger partial charge in [0, 0.05) is 0 Å². The molecule has 0 bridgehead atoms. The standard InChI is InChI=1S/C13H24/c1-5-9-12(8-4)13(10-6-2)11-7-3/h5,8-9,13H,6-7,10-11H2,1-4H3/b9-5-,12-8+. The predicted octanol–water partition coefficient (Wildman–Crippen LogP) is 4.73. The highest BCUT2D eigenvalue weighted by Gasteiger charge is 2.08. The lowest BCUT2D eigenvalue weighted by atomic mass is 9.89. The molecule has 0 N–H and O–H groups in total. The van der Waals surface area contributed by atoms with Crippen LogP contribution in [-0.2, 0) is 0 Å². The highest BCUT2D eigenvalue weighted by molar-refractivity contribution is 5.20. The van der Waals surface area contributed by atoms with Crippen molar-refractivity contribution in [1.29, 1.82) is 0 Å². The van der Waals surface area contributed by atoms with Gasteiger partial charge in [0.15, 0.2) is 0 Å². The molecule has 0 nitrogen and oxygen atoms in total. The summed E-state index contributed by atoms with van der Waals surface area (Å²) in [5.41, 5.74) is 1.52. The number of allylic oxidation sites excluding steroid dienone is 4. The second kappa shape index (κ2) is 8.10. The zero-order valence-electron chi connectivity index (χ0n) is 9.64. The van der Waals surface area contributed by atoms with E-state index in [1.54, 1.807) is 0 Å². The van der Waals surface area contributed by atoms with Gasteiger partial charge in [-0.1, -0.05) is 44.9 Å². The van der Waals surface area contributed by atoms with Crippen molar-refractivity contribution in [2.45, 2.75) is 53.4 Å². The van der Waals surface area contributed by atoms with E-state index in [2.05, 4.69) is 45.9 Å². The summed E-state index contributed by atoms with van der Waals surface area (Å²) in [4.78, 5) is 0. The monoisotopic (exact) mass is 180 g/mol. The molecular weight excluding hydrogens is 156 g/mol. The first-order valence-electron chi connectivity index (χ1n) is 5.58. The zero-order valence-corrected chi connectivity index (χ0v) is 9.64. The summed E-state index contributed by atoms with van der Waals surface area (Å²) in [7, 11) is 0. The molecule has 13 heavy (non-hydrogen) atoms. The molecule has 0 aliphatic rings. The third-order valence-corrected chi connectivity index (χ3v) is 2.44. The fourth-order valence-electron chi connectivity index (χ4n) is 1.84. The van der Waals surface area contributed by atoms with E-state index >= 15 is 0 Å². The Labute approximate surface area is 83.7 Å². The van der Waals surface area contributed by atoms with Gasteiger partial charge in [-0.3, -0.25) is 0 Å². The average molecular weight is 180 g/mol. The Kier molecular flexibility index (Phi) is 7.77. The molecule has 0 rings (SSSR count). The van der Waals surface area contributed by atoms with Crippen LogP contribution in [0.4, 0.5) is 0 Å². The first kappa shape index (κ1) is 12.5. The zero-order chi connectivity index (χ0) is 10.1. The van der Waals surface area contributed by atoms with E-state index in [0.717, 1.165) is 5.92 Å². The van der Waals surface area contributed by atoms with Crippen molar-refractivity contribution in [3.63, 3.8) is 0 Å². The van der Waals surface area contributed by atoms with Crippen LogP contribution in [0.5, 0.6) is 0 Å². The summed E-state index contributed by atoms with van der Waals surface area (Å²) in [5, 5.41) is 0. The molecule has 0 heterocycles. The third kappa shape index (κ3) is 4.92. The topological polar surface area (TPSA) is 0 Å². The van der Waals surface area contributed by atoms with Crippen LogP contribution in [0.1, 0.15) is 53.4 Å². The number of hydrogen-bond acceptors (Lipinski definition) is 0. The maximum Gasteiger partial charge on any atom is -0.0166 e. The molecule has 0 saturated carbocycles. The first-order chi connectivity index (χ1) is 6.29. The Morgan fingerprint density at radius 3 is 1.92 bits per heavy atom. The summed E-state index contributed by atoms with van der Waals surface area (Å²) in [6.07, 6.45) is 11.9. The molecule has 0 amide bonds. The van der Waals surface area contributed by atoms with E-state index in [4.69, 9.17) is 0 Å². The van der Waals surface area contributed by atoms with E-state index in [1.165, 1.54) is 31.3 Å². The fourth-order valence-corrected chi connectivity index (χ4v) is 1.84. The Bertz CT molecular complexity index is 157. The maximum absolute atomic E-state index is 2.27. The number of hydrogen-bond donors (Lipinski definition) is 0. The molecule has 0 radical (unpaired) electrons. The van der Waals surface area contributed by atoms with Gasteiger partial charge in [-0.2, -0.15) is 0 Å². The van der Waals surface area contributed by atoms with Crippen LogP contribution >= 0.6 is 0 Å². The Morgan fingerprint density at radius 1 is 1.08 bits per heavy atom. The number of rotatable bonds is 6. The molecule has 0 unspecified atom stereocenters. The SMILES string of the molecule is C/C=C\C(=C/C)C(CCC)CCC. The fraction of sp³-hybridized carbons (Fsp3) is 0.692. The molecule has 0 aromatic rings. The molecule has 0 saturated heterocycles. The molecule has 0 aliphatic carbocycles. The van der Waals surface area contributed by atoms with Crippen LogP contribution in [0.15, 0.2) is 23.8 Å². The minimum atomic E-state index is 0.788. The van der Waals surface area contributed by atoms with Crippen molar-refractivity contribution in [3.8, 4) is 0 Å². The summed E-state index contributed by atoms with van der Waals surface area (Å²) < 4.78 is 0. The second-order valence-electron chi connectivity index (χ2n) is 3.56. The van der Waals surface area contributed by atoms with E-state index < -0.39 is 0 Å². The minimum Gasteiger partial charge on any atom is -0.0874 e. The third-order valence-electron chi connectivity index (χ3n) is 2.44. The molecule has 0 heteroatoms. The normalized spacial score (nSPS) is 13.2. The van der Waals surface area contributed by atoms with Crippen molar-refractivity contribution in [1.82, 2.24) is 0 Å². The lowest BCUT2D eigenvalue weighted by Crippen LogP contribution is -2.01. The Morgan fingerprint density at radius 2 is 1.62 bits per heavy atom. The van der Waals surface area contributed by atoms with Crippen molar-refractivity contribution < 1.29 is 0 Å². The second-order valence-corrected chi connectivity index (χ2v) is 3.56. The molecule has 0 aromatic heterocycles. The summed E-state index contributed by atoms with van der Waals surface area (Å²) in [5.74, 6) is 0.788. The van der Waals surface area contributed by atoms with Gasteiger partial charge >= 0.3 is 0 Å². The van der Waals surface area contributed by atoms with Crippen molar-refractivity contribution in [2.75, 3.05) is 0 Å². The van der Waals surface area contributed by atoms with Gasteiger partial charge in [-0.15, -0.1) is 0 Å². The van der Waals surface area contributed by atoms with Crippen LogP contribution in [0, 0.1) is 5.92 Å². The van der Waals surface area contributed by atoms with Crippen molar-refractivity contribution >= 4 is 0 Å². The van der Waals surface area contributed by atoms with E-state index in [0.29, 0.717) is 0 Å². The van der Waals surface area contributed by atoms with Gasteiger partial charge in [0.1, 0.15) is 0 Å². The Hall–Kier alpha value is -0.520. The van der Waals surface area contributed by atoms with Crippen molar-refractivity contribution in [2.24, 2.45) is 5.92 Å². The smallest absolute Gasteiger partial charge is 0.0166 e. The largest absolute Gasteiger partial charge is 0.0874 e. The average Bonchev–Trinajstić information content (AvgIpc) is 2.14. The predicted molar refractivity (Wildman–Crippen MR) is 61.9 cm³/mol. The molecule has 0 spiro atoms. The van der Waals surface area contributed by atoms with Gasteiger partial charge in [0.2, 0.25) is 0 Å². The van der Waals surface area contributed by atoms with Crippen LogP contribution in [0.3, 0.4) is 0 Å². The van der Waals surface area contributed by atoms with Gasteiger partial charge in [0.05, 0.1) is 0 Å². The molecule has 0 fully saturated rings. The molecule has 76 valence electrons. The van der Waals surface area contributed by atoms with Crippen LogP contribution in [0.25, 0.3) is 0 Å². The van der Waals surface area contributed by atoms with Gasteiger partial charge in [-0.25, -0.2) is 0 Å². The Balaban J connectivity index is 4.30. The quantitative estimate of drug-likeness (QED) is 0.519. The van der Waals surface area contributed by atoms with Crippen LogP contribution in [-0.4, -0.2) is 0 Å². The maximum atomic E-state index is 2.27. The summed E-state index contributed by atoms with van der Waals surface area (Å²) in [6, 6.07) is 0. The molecule has 0 atom stereocenters. The van der Waals surface area contributed by atoms with Crippen LogP contribution in [0.2, 0.25) is 0 Å². The minimum absolute atomic E-state index is 0.788. The van der Waals surface area contributed by atoms with E-state index in [1.807, 2.05) is 0 Å². The summed E-state index contributed by atoms with van der Waals surface area (Å²) >= 11 is 0. The molecule has 0 aliphatic heterocycles. The molecule has 0 aromatic carbocycles.